The third-order valence-electron chi connectivity index (χ3n) is 2.62. The second-order valence-corrected chi connectivity index (χ2v) is 5.67. The normalized spacial score (nSPS) is 11.9. The van der Waals surface area contributed by atoms with Gasteiger partial charge in [0.1, 0.15) is 11.8 Å². The molecule has 17 heavy (non-hydrogen) atoms. The molecule has 0 atom stereocenters. The van der Waals surface area contributed by atoms with E-state index in [0.29, 0.717) is 22.8 Å². The summed E-state index contributed by atoms with van der Waals surface area (Å²) in [7, 11) is 4.03. The number of halogens is 1. The minimum Gasteiger partial charge on any atom is -0.476 e. The van der Waals surface area contributed by atoms with Crippen LogP contribution < -0.4 is 4.74 Å². The van der Waals surface area contributed by atoms with Crippen LogP contribution in [0.5, 0.6) is 5.88 Å². The Balaban J connectivity index is 2.72. The molecule has 0 aliphatic carbocycles. The molecule has 0 fully saturated rings. The van der Waals surface area contributed by atoms with Crippen molar-refractivity contribution in [3.8, 4) is 5.88 Å². The van der Waals surface area contributed by atoms with Gasteiger partial charge >= 0.3 is 0 Å². The van der Waals surface area contributed by atoms with E-state index in [1.54, 1.807) is 6.07 Å². The zero-order chi connectivity index (χ0) is 13.1. The lowest BCUT2D eigenvalue weighted by Crippen LogP contribution is -2.43. The number of hydrogen-bond donors (Lipinski definition) is 0. The molecule has 1 aromatic heterocycles. The Morgan fingerprint density at radius 3 is 2.59 bits per heavy atom. The van der Waals surface area contributed by atoms with Crippen molar-refractivity contribution in [2.45, 2.75) is 24.5 Å². The highest BCUT2D eigenvalue weighted by atomic mass is 35.5. The van der Waals surface area contributed by atoms with Gasteiger partial charge in [0, 0.05) is 11.6 Å². The molecule has 0 amide bonds. The van der Waals surface area contributed by atoms with E-state index in [2.05, 4.69) is 28.7 Å². The van der Waals surface area contributed by atoms with E-state index < -0.39 is 0 Å². The van der Waals surface area contributed by atoms with Gasteiger partial charge in [-0.15, -0.1) is 0 Å². The zero-order valence-electron chi connectivity index (χ0n) is 10.8. The maximum absolute atomic E-state index is 5.89. The van der Waals surface area contributed by atoms with Crippen LogP contribution >= 0.6 is 23.4 Å². The summed E-state index contributed by atoms with van der Waals surface area (Å²) in [5.41, 5.74) is -0.0586. The molecule has 0 aliphatic rings. The maximum Gasteiger partial charge on any atom is 0.218 e. The van der Waals surface area contributed by atoms with Crippen LogP contribution in [0, 0.1) is 0 Å². The molecule has 1 heterocycles. The summed E-state index contributed by atoms with van der Waals surface area (Å²) in [5.74, 6) is 0.518. The number of ether oxygens (including phenoxy) is 1. The molecular formula is C11H18ClN3OS. The molecule has 0 bridgehead atoms. The van der Waals surface area contributed by atoms with E-state index in [1.165, 1.54) is 11.8 Å². The Morgan fingerprint density at radius 2 is 2.06 bits per heavy atom. The molecule has 0 aromatic carbocycles. The maximum atomic E-state index is 5.89. The van der Waals surface area contributed by atoms with E-state index in [1.807, 2.05) is 20.4 Å². The first-order valence-corrected chi connectivity index (χ1v) is 6.84. The smallest absolute Gasteiger partial charge is 0.218 e. The lowest BCUT2D eigenvalue weighted by atomic mass is 10.1. The predicted molar refractivity (Wildman–Crippen MR) is 72.1 cm³/mol. The fraction of sp³-hybridized carbons (Fsp3) is 0.636. The summed E-state index contributed by atoms with van der Waals surface area (Å²) in [5, 5.41) is 1.03. The molecule has 96 valence electrons. The largest absolute Gasteiger partial charge is 0.476 e. The van der Waals surface area contributed by atoms with Crippen molar-refractivity contribution in [1.29, 1.82) is 0 Å². The highest BCUT2D eigenvalue weighted by molar-refractivity contribution is 7.98. The minimum absolute atomic E-state index is 0.0586. The fourth-order valence-corrected chi connectivity index (χ4v) is 1.52. The molecule has 0 saturated carbocycles. The van der Waals surface area contributed by atoms with Crippen LogP contribution in [0.2, 0.25) is 5.15 Å². The van der Waals surface area contributed by atoms with Crippen LogP contribution in [0.15, 0.2) is 11.2 Å². The van der Waals surface area contributed by atoms with Gasteiger partial charge in [-0.05, 0) is 34.2 Å². The van der Waals surface area contributed by atoms with Gasteiger partial charge in [-0.25, -0.2) is 4.98 Å². The van der Waals surface area contributed by atoms with Crippen LogP contribution in [0.4, 0.5) is 0 Å². The summed E-state index contributed by atoms with van der Waals surface area (Å²) >= 11 is 7.33. The molecule has 0 radical (unpaired) electrons. The fourth-order valence-electron chi connectivity index (χ4n) is 0.922. The third kappa shape index (κ3) is 4.33. The molecule has 0 spiro atoms. The first-order chi connectivity index (χ1) is 7.85. The van der Waals surface area contributed by atoms with Crippen LogP contribution in [-0.4, -0.2) is 47.4 Å². The van der Waals surface area contributed by atoms with E-state index in [-0.39, 0.29) is 5.54 Å². The molecule has 1 rings (SSSR count). The van der Waals surface area contributed by atoms with Gasteiger partial charge in [0.15, 0.2) is 5.16 Å². The molecular weight excluding hydrogens is 258 g/mol. The Kier molecular flexibility index (Phi) is 5.04. The van der Waals surface area contributed by atoms with Crippen molar-refractivity contribution in [1.82, 2.24) is 14.9 Å². The Hall–Kier alpha value is -0.520. The first kappa shape index (κ1) is 14.5. The molecule has 0 unspecified atom stereocenters. The standard InChI is InChI=1S/C11H18ClN3OS/c1-11(2,15(3)4)7-16-9-6-8(12)13-10(14-9)17-5/h6H,7H2,1-5H3. The lowest BCUT2D eigenvalue weighted by molar-refractivity contribution is 0.110. The predicted octanol–water partition coefficient (Wildman–Crippen LogP) is 2.57. The SMILES string of the molecule is CSc1nc(Cl)cc(OCC(C)(C)N(C)C)n1. The zero-order valence-corrected chi connectivity index (χ0v) is 12.4. The number of rotatable bonds is 5. The molecule has 0 N–H and O–H groups in total. The second kappa shape index (κ2) is 5.89. The molecule has 0 aliphatic heterocycles. The highest BCUT2D eigenvalue weighted by Crippen LogP contribution is 2.20. The average Bonchev–Trinajstić information content (AvgIpc) is 2.25. The summed E-state index contributed by atoms with van der Waals surface area (Å²) in [6.45, 7) is 4.75. The summed E-state index contributed by atoms with van der Waals surface area (Å²) < 4.78 is 5.66. The van der Waals surface area contributed by atoms with E-state index in [4.69, 9.17) is 16.3 Å². The van der Waals surface area contributed by atoms with Gasteiger partial charge in [0.2, 0.25) is 5.88 Å². The first-order valence-electron chi connectivity index (χ1n) is 5.24. The number of hydrogen-bond acceptors (Lipinski definition) is 5. The quantitative estimate of drug-likeness (QED) is 0.469. The topological polar surface area (TPSA) is 38.2 Å². The Morgan fingerprint density at radius 1 is 1.41 bits per heavy atom. The molecule has 6 heteroatoms. The monoisotopic (exact) mass is 275 g/mol. The van der Waals surface area contributed by atoms with Gasteiger partial charge < -0.3 is 9.64 Å². The Labute approximate surface area is 112 Å². The van der Waals surface area contributed by atoms with Crippen molar-refractivity contribution >= 4 is 23.4 Å². The second-order valence-electron chi connectivity index (χ2n) is 4.51. The molecule has 0 saturated heterocycles. The van der Waals surface area contributed by atoms with Gasteiger partial charge in [-0.2, -0.15) is 4.98 Å². The van der Waals surface area contributed by atoms with Gasteiger partial charge in [-0.3, -0.25) is 0 Å². The Bertz CT molecular complexity index is 385. The van der Waals surface area contributed by atoms with Crippen LogP contribution in [-0.2, 0) is 0 Å². The number of likely N-dealkylation sites (N-methyl/N-ethyl adjacent to an activating group) is 1. The van der Waals surface area contributed by atoms with Crippen LogP contribution in [0.1, 0.15) is 13.8 Å². The molecule has 4 nitrogen and oxygen atoms in total. The minimum atomic E-state index is -0.0586. The van der Waals surface area contributed by atoms with E-state index in [9.17, 15) is 0 Å². The third-order valence-corrected chi connectivity index (χ3v) is 3.36. The number of nitrogens with zero attached hydrogens (tertiary/aromatic N) is 3. The van der Waals surface area contributed by atoms with Gasteiger partial charge in [0.25, 0.3) is 0 Å². The average molecular weight is 276 g/mol. The van der Waals surface area contributed by atoms with Crippen molar-refractivity contribution in [3.63, 3.8) is 0 Å². The van der Waals surface area contributed by atoms with Crippen molar-refractivity contribution < 1.29 is 4.74 Å². The lowest BCUT2D eigenvalue weighted by Gasteiger charge is -2.31. The van der Waals surface area contributed by atoms with Gasteiger partial charge in [-0.1, -0.05) is 23.4 Å². The van der Waals surface area contributed by atoms with E-state index in [0.717, 1.165) is 0 Å². The van der Waals surface area contributed by atoms with Crippen LogP contribution in [0.25, 0.3) is 0 Å². The number of thioether (sulfide) groups is 1. The van der Waals surface area contributed by atoms with Crippen molar-refractivity contribution in [3.05, 3.63) is 11.2 Å². The highest BCUT2D eigenvalue weighted by Gasteiger charge is 2.21. The van der Waals surface area contributed by atoms with Crippen molar-refractivity contribution in [2.75, 3.05) is 27.0 Å². The summed E-state index contributed by atoms with van der Waals surface area (Å²) in [4.78, 5) is 10.4. The van der Waals surface area contributed by atoms with E-state index >= 15 is 0 Å². The van der Waals surface area contributed by atoms with Gasteiger partial charge in [0.05, 0.1) is 0 Å². The van der Waals surface area contributed by atoms with Crippen LogP contribution in [0.3, 0.4) is 0 Å². The molecule has 1 aromatic rings. The number of aromatic nitrogens is 2. The summed E-state index contributed by atoms with van der Waals surface area (Å²) in [6.07, 6.45) is 1.90. The summed E-state index contributed by atoms with van der Waals surface area (Å²) in [6, 6.07) is 1.63. The van der Waals surface area contributed by atoms with Crippen molar-refractivity contribution in [2.24, 2.45) is 0 Å².